The summed E-state index contributed by atoms with van der Waals surface area (Å²) in [6, 6.07) is 24.3. The molecule has 1 N–H and O–H groups in total. The Hall–Kier alpha value is -2.87. The van der Waals surface area contributed by atoms with Crippen molar-refractivity contribution >= 4 is 33.2 Å². The van der Waals surface area contributed by atoms with E-state index >= 15 is 0 Å². The fourth-order valence-electron chi connectivity index (χ4n) is 3.96. The zero-order valence-electron chi connectivity index (χ0n) is 18.1. The minimum atomic E-state index is -3.84. The second kappa shape index (κ2) is 10.4. The van der Waals surface area contributed by atoms with E-state index in [-0.39, 0.29) is 17.2 Å². The zero-order valence-corrected chi connectivity index (χ0v) is 19.7. The van der Waals surface area contributed by atoms with E-state index in [2.05, 4.69) is 9.62 Å². The maximum absolute atomic E-state index is 13.5. The maximum atomic E-state index is 13.5. The number of halogens is 1. The standard InChI is InChI=1S/C25H26ClN3O3S/c26-21-10-7-11-22(19-21)28-14-16-29(17-15-28)25(30)24(18-20-8-3-1-4-9-20)27-33(31,32)23-12-5-2-6-13-23/h1-13,19,24,27H,14-18H2/t24-/m1/s1. The largest absolute Gasteiger partial charge is 0.368 e. The van der Waals surface area contributed by atoms with Gasteiger partial charge in [-0.3, -0.25) is 4.79 Å². The number of piperazine rings is 1. The number of rotatable bonds is 7. The van der Waals surface area contributed by atoms with Crippen LogP contribution in [0.25, 0.3) is 0 Å². The van der Waals surface area contributed by atoms with E-state index in [0.29, 0.717) is 31.2 Å². The van der Waals surface area contributed by atoms with E-state index in [0.717, 1.165) is 11.3 Å². The number of anilines is 1. The van der Waals surface area contributed by atoms with Gasteiger partial charge in [-0.15, -0.1) is 0 Å². The molecule has 6 nitrogen and oxygen atoms in total. The molecule has 0 radical (unpaired) electrons. The molecular weight excluding hydrogens is 458 g/mol. The number of nitrogens with one attached hydrogen (secondary N) is 1. The summed E-state index contributed by atoms with van der Waals surface area (Å²) < 4.78 is 28.6. The molecule has 33 heavy (non-hydrogen) atoms. The Balaban J connectivity index is 1.50. The monoisotopic (exact) mass is 483 g/mol. The summed E-state index contributed by atoms with van der Waals surface area (Å²) in [5, 5.41) is 0.671. The maximum Gasteiger partial charge on any atom is 0.241 e. The minimum Gasteiger partial charge on any atom is -0.368 e. The lowest BCUT2D eigenvalue weighted by molar-refractivity contribution is -0.133. The summed E-state index contributed by atoms with van der Waals surface area (Å²) in [6.45, 7) is 2.30. The first-order valence-electron chi connectivity index (χ1n) is 10.8. The SMILES string of the molecule is O=C([C@@H](Cc1ccccc1)NS(=O)(=O)c1ccccc1)N1CCN(c2cccc(Cl)c2)CC1. The van der Waals surface area contributed by atoms with Crippen LogP contribution in [-0.4, -0.2) is 51.4 Å². The first-order chi connectivity index (χ1) is 15.9. The summed E-state index contributed by atoms with van der Waals surface area (Å²) >= 11 is 6.12. The van der Waals surface area contributed by atoms with Crippen molar-refractivity contribution in [3.05, 3.63) is 95.5 Å². The van der Waals surface area contributed by atoms with Crippen molar-refractivity contribution in [2.24, 2.45) is 0 Å². The molecular formula is C25H26ClN3O3S. The second-order valence-corrected chi connectivity index (χ2v) is 10.1. The van der Waals surface area contributed by atoms with Crippen molar-refractivity contribution in [2.75, 3.05) is 31.1 Å². The summed E-state index contributed by atoms with van der Waals surface area (Å²) in [7, 11) is -3.84. The predicted molar refractivity (Wildman–Crippen MR) is 131 cm³/mol. The molecule has 0 unspecified atom stereocenters. The van der Waals surface area contributed by atoms with Gasteiger partial charge < -0.3 is 9.80 Å². The fourth-order valence-corrected chi connectivity index (χ4v) is 5.36. The third kappa shape index (κ3) is 5.93. The highest BCUT2D eigenvalue weighted by atomic mass is 35.5. The molecule has 0 aliphatic carbocycles. The third-order valence-electron chi connectivity index (χ3n) is 5.70. The van der Waals surface area contributed by atoms with Gasteiger partial charge in [-0.25, -0.2) is 8.42 Å². The van der Waals surface area contributed by atoms with E-state index in [1.54, 1.807) is 23.1 Å². The first-order valence-corrected chi connectivity index (χ1v) is 12.7. The molecule has 3 aromatic carbocycles. The Morgan fingerprint density at radius 2 is 1.52 bits per heavy atom. The lowest BCUT2D eigenvalue weighted by atomic mass is 10.1. The van der Waals surface area contributed by atoms with Crippen LogP contribution in [0.2, 0.25) is 5.02 Å². The van der Waals surface area contributed by atoms with Crippen LogP contribution in [0, 0.1) is 0 Å². The normalized spacial score (nSPS) is 15.3. The van der Waals surface area contributed by atoms with E-state index < -0.39 is 16.1 Å². The van der Waals surface area contributed by atoms with Gasteiger partial charge in [0.25, 0.3) is 0 Å². The molecule has 3 aromatic rings. The Morgan fingerprint density at radius 1 is 0.879 bits per heavy atom. The van der Waals surface area contributed by atoms with Crippen molar-refractivity contribution in [2.45, 2.75) is 17.4 Å². The highest BCUT2D eigenvalue weighted by Gasteiger charge is 2.31. The molecule has 1 heterocycles. The number of nitrogens with zero attached hydrogens (tertiary/aromatic N) is 2. The van der Waals surface area contributed by atoms with Gasteiger partial charge in [0.1, 0.15) is 6.04 Å². The fraction of sp³-hybridized carbons (Fsp3) is 0.240. The van der Waals surface area contributed by atoms with Crippen molar-refractivity contribution in [1.29, 1.82) is 0 Å². The number of carbonyl (C=O) groups is 1. The molecule has 0 saturated carbocycles. The van der Waals surface area contributed by atoms with E-state index in [4.69, 9.17) is 11.6 Å². The van der Waals surface area contributed by atoms with E-state index in [1.165, 1.54) is 12.1 Å². The smallest absolute Gasteiger partial charge is 0.241 e. The highest BCUT2D eigenvalue weighted by molar-refractivity contribution is 7.89. The molecule has 0 spiro atoms. The van der Waals surface area contributed by atoms with Crippen LogP contribution in [0.4, 0.5) is 5.69 Å². The van der Waals surface area contributed by atoms with Crippen molar-refractivity contribution in [3.8, 4) is 0 Å². The highest BCUT2D eigenvalue weighted by Crippen LogP contribution is 2.21. The molecule has 1 amide bonds. The van der Waals surface area contributed by atoms with Gasteiger partial charge in [0.2, 0.25) is 15.9 Å². The van der Waals surface area contributed by atoms with Crippen LogP contribution in [0.5, 0.6) is 0 Å². The van der Waals surface area contributed by atoms with Gasteiger partial charge in [0.15, 0.2) is 0 Å². The van der Waals surface area contributed by atoms with E-state index in [1.807, 2.05) is 54.6 Å². The summed E-state index contributed by atoms with van der Waals surface area (Å²) in [6.07, 6.45) is 0.278. The van der Waals surface area contributed by atoms with Crippen LogP contribution in [-0.2, 0) is 21.2 Å². The number of amides is 1. The molecule has 1 aliphatic rings. The van der Waals surface area contributed by atoms with Crippen molar-refractivity contribution in [1.82, 2.24) is 9.62 Å². The molecule has 0 aromatic heterocycles. The average Bonchev–Trinajstić information content (AvgIpc) is 2.84. The van der Waals surface area contributed by atoms with Gasteiger partial charge in [-0.2, -0.15) is 4.72 Å². The van der Waals surface area contributed by atoms with Gasteiger partial charge >= 0.3 is 0 Å². The van der Waals surface area contributed by atoms with E-state index in [9.17, 15) is 13.2 Å². The number of hydrogen-bond donors (Lipinski definition) is 1. The summed E-state index contributed by atoms with van der Waals surface area (Å²) in [5.41, 5.74) is 1.91. The lowest BCUT2D eigenvalue weighted by Crippen LogP contribution is -2.55. The molecule has 172 valence electrons. The molecule has 0 bridgehead atoms. The van der Waals surface area contributed by atoms with Crippen LogP contribution < -0.4 is 9.62 Å². The Kier molecular flexibility index (Phi) is 7.33. The number of carbonyl (C=O) groups excluding carboxylic acids is 1. The summed E-state index contributed by atoms with van der Waals surface area (Å²) in [5.74, 6) is -0.218. The van der Waals surface area contributed by atoms with Crippen LogP contribution in [0.1, 0.15) is 5.56 Å². The Bertz CT molecular complexity index is 1180. The Morgan fingerprint density at radius 3 is 2.15 bits per heavy atom. The zero-order chi connectivity index (χ0) is 23.3. The molecule has 4 rings (SSSR count). The predicted octanol–water partition coefficient (Wildman–Crippen LogP) is 3.58. The topological polar surface area (TPSA) is 69.7 Å². The molecule has 1 aliphatic heterocycles. The first kappa shape index (κ1) is 23.3. The van der Waals surface area contributed by atoms with Crippen LogP contribution in [0.15, 0.2) is 89.8 Å². The number of hydrogen-bond acceptors (Lipinski definition) is 4. The van der Waals surface area contributed by atoms with Gasteiger partial charge in [0.05, 0.1) is 4.90 Å². The molecule has 8 heteroatoms. The van der Waals surface area contributed by atoms with Gasteiger partial charge in [-0.1, -0.05) is 66.2 Å². The Labute approximate surface area is 199 Å². The quantitative estimate of drug-likeness (QED) is 0.557. The van der Waals surface area contributed by atoms with Crippen LogP contribution in [0.3, 0.4) is 0 Å². The minimum absolute atomic E-state index is 0.140. The molecule has 1 fully saturated rings. The van der Waals surface area contributed by atoms with Crippen molar-refractivity contribution in [3.63, 3.8) is 0 Å². The lowest BCUT2D eigenvalue weighted by Gasteiger charge is -2.37. The van der Waals surface area contributed by atoms with Crippen molar-refractivity contribution < 1.29 is 13.2 Å². The van der Waals surface area contributed by atoms with Crippen LogP contribution >= 0.6 is 11.6 Å². The van der Waals surface area contributed by atoms with Gasteiger partial charge in [0, 0.05) is 36.9 Å². The number of benzene rings is 3. The average molecular weight is 484 g/mol. The molecule has 1 atom stereocenters. The summed E-state index contributed by atoms with van der Waals surface area (Å²) in [4.78, 5) is 17.5. The van der Waals surface area contributed by atoms with Gasteiger partial charge in [-0.05, 0) is 42.3 Å². The third-order valence-corrected chi connectivity index (χ3v) is 7.42. The molecule has 1 saturated heterocycles. The second-order valence-electron chi connectivity index (χ2n) is 7.97. The number of sulfonamides is 1.